The standard InChI is InChI=1S/C14H14BrNO4/c1-8-9(5-13(20-8)14(17)18)7-16-11-6-10(15)3-4-12(11)19-2/h3-6,16H,7H2,1-2H3,(H,17,18). The molecular weight excluding hydrogens is 326 g/mol. The van der Waals surface area contributed by atoms with Gasteiger partial charge in [-0.25, -0.2) is 4.79 Å². The fourth-order valence-electron chi connectivity index (χ4n) is 1.81. The third-order valence-electron chi connectivity index (χ3n) is 2.86. The van der Waals surface area contributed by atoms with Gasteiger partial charge in [0.15, 0.2) is 0 Å². The topological polar surface area (TPSA) is 71.7 Å². The first-order valence-corrected chi connectivity index (χ1v) is 6.70. The molecule has 5 nitrogen and oxygen atoms in total. The van der Waals surface area contributed by atoms with Gasteiger partial charge in [0.25, 0.3) is 0 Å². The molecule has 0 spiro atoms. The van der Waals surface area contributed by atoms with Crippen molar-refractivity contribution in [1.82, 2.24) is 0 Å². The minimum Gasteiger partial charge on any atom is -0.495 e. The van der Waals surface area contributed by atoms with Gasteiger partial charge in [-0.2, -0.15) is 0 Å². The molecule has 0 saturated carbocycles. The normalized spacial score (nSPS) is 10.3. The SMILES string of the molecule is COc1ccc(Br)cc1NCc1cc(C(=O)O)oc1C. The molecule has 0 aliphatic carbocycles. The highest BCUT2D eigenvalue weighted by Gasteiger charge is 2.13. The number of nitrogens with one attached hydrogen (secondary N) is 1. The lowest BCUT2D eigenvalue weighted by Crippen LogP contribution is -2.01. The van der Waals surface area contributed by atoms with Crippen LogP contribution in [-0.4, -0.2) is 18.2 Å². The van der Waals surface area contributed by atoms with Crippen molar-refractivity contribution in [2.45, 2.75) is 13.5 Å². The molecule has 0 bridgehead atoms. The van der Waals surface area contributed by atoms with Gasteiger partial charge in [-0.05, 0) is 31.2 Å². The first kappa shape index (κ1) is 14.5. The molecule has 0 fully saturated rings. The smallest absolute Gasteiger partial charge is 0.371 e. The lowest BCUT2D eigenvalue weighted by molar-refractivity contribution is 0.0661. The average molecular weight is 340 g/mol. The number of hydrogen-bond donors (Lipinski definition) is 2. The second-order valence-electron chi connectivity index (χ2n) is 4.20. The van der Waals surface area contributed by atoms with Gasteiger partial charge in [0, 0.05) is 16.6 Å². The van der Waals surface area contributed by atoms with Crippen molar-refractivity contribution in [3.8, 4) is 5.75 Å². The predicted molar refractivity (Wildman–Crippen MR) is 78.4 cm³/mol. The summed E-state index contributed by atoms with van der Waals surface area (Å²) in [5.74, 6) is 0.177. The fourth-order valence-corrected chi connectivity index (χ4v) is 2.17. The van der Waals surface area contributed by atoms with E-state index >= 15 is 0 Å². The molecule has 0 aliphatic rings. The molecule has 2 rings (SSSR count). The van der Waals surface area contributed by atoms with Crippen LogP contribution in [0.1, 0.15) is 21.9 Å². The van der Waals surface area contributed by atoms with Crippen LogP contribution >= 0.6 is 15.9 Å². The minimum atomic E-state index is -1.07. The minimum absolute atomic E-state index is 0.0551. The number of anilines is 1. The van der Waals surface area contributed by atoms with E-state index in [1.807, 2.05) is 18.2 Å². The van der Waals surface area contributed by atoms with Crippen molar-refractivity contribution in [3.05, 3.63) is 45.8 Å². The van der Waals surface area contributed by atoms with E-state index in [-0.39, 0.29) is 5.76 Å². The summed E-state index contributed by atoms with van der Waals surface area (Å²) < 4.78 is 11.4. The van der Waals surface area contributed by atoms with Gasteiger partial charge in [-0.1, -0.05) is 15.9 Å². The number of furan rings is 1. The maximum atomic E-state index is 10.8. The molecule has 6 heteroatoms. The van der Waals surface area contributed by atoms with Crippen LogP contribution in [0.2, 0.25) is 0 Å². The van der Waals surface area contributed by atoms with Crippen LogP contribution in [0.4, 0.5) is 5.69 Å². The Morgan fingerprint density at radius 3 is 2.80 bits per heavy atom. The van der Waals surface area contributed by atoms with Crippen molar-refractivity contribution < 1.29 is 19.1 Å². The van der Waals surface area contributed by atoms with E-state index in [1.165, 1.54) is 6.07 Å². The summed E-state index contributed by atoms with van der Waals surface area (Å²) in [5, 5.41) is 12.1. The van der Waals surface area contributed by atoms with Crippen molar-refractivity contribution >= 4 is 27.6 Å². The van der Waals surface area contributed by atoms with Crippen molar-refractivity contribution in [3.63, 3.8) is 0 Å². The Morgan fingerprint density at radius 2 is 2.20 bits per heavy atom. The van der Waals surface area contributed by atoms with Crippen LogP contribution < -0.4 is 10.1 Å². The van der Waals surface area contributed by atoms with E-state index in [1.54, 1.807) is 14.0 Å². The highest BCUT2D eigenvalue weighted by molar-refractivity contribution is 9.10. The monoisotopic (exact) mass is 339 g/mol. The van der Waals surface area contributed by atoms with Gasteiger partial charge in [0.2, 0.25) is 5.76 Å². The highest BCUT2D eigenvalue weighted by atomic mass is 79.9. The Hall–Kier alpha value is -1.95. The number of carboxylic acid groups (broad SMARTS) is 1. The van der Waals surface area contributed by atoms with Crippen LogP contribution in [0.25, 0.3) is 0 Å². The van der Waals surface area contributed by atoms with Gasteiger partial charge in [-0.15, -0.1) is 0 Å². The second kappa shape index (κ2) is 6.00. The maximum Gasteiger partial charge on any atom is 0.371 e. The molecular formula is C14H14BrNO4. The van der Waals surface area contributed by atoms with Crippen molar-refractivity contribution in [2.24, 2.45) is 0 Å². The molecule has 20 heavy (non-hydrogen) atoms. The van der Waals surface area contributed by atoms with E-state index in [9.17, 15) is 4.79 Å². The van der Waals surface area contributed by atoms with Crippen molar-refractivity contribution in [2.75, 3.05) is 12.4 Å². The Morgan fingerprint density at radius 1 is 1.45 bits per heavy atom. The van der Waals surface area contributed by atoms with E-state index < -0.39 is 5.97 Å². The lowest BCUT2D eigenvalue weighted by atomic mass is 10.2. The number of benzene rings is 1. The van der Waals surface area contributed by atoms with Crippen LogP contribution in [0.5, 0.6) is 5.75 Å². The molecule has 1 heterocycles. The van der Waals surface area contributed by atoms with Crippen molar-refractivity contribution in [1.29, 1.82) is 0 Å². The van der Waals surface area contributed by atoms with Gasteiger partial charge in [0.1, 0.15) is 11.5 Å². The van der Waals surface area contributed by atoms with Crippen LogP contribution in [0.15, 0.2) is 33.2 Å². The summed E-state index contributed by atoms with van der Waals surface area (Å²) >= 11 is 3.40. The van der Waals surface area contributed by atoms with E-state index in [0.29, 0.717) is 18.1 Å². The van der Waals surface area contributed by atoms with Crippen LogP contribution in [-0.2, 0) is 6.54 Å². The van der Waals surface area contributed by atoms with E-state index in [4.69, 9.17) is 14.3 Å². The molecule has 0 amide bonds. The lowest BCUT2D eigenvalue weighted by Gasteiger charge is -2.11. The Balaban J connectivity index is 2.16. The third-order valence-corrected chi connectivity index (χ3v) is 3.36. The summed E-state index contributed by atoms with van der Waals surface area (Å²) in [5.41, 5.74) is 1.61. The molecule has 0 saturated heterocycles. The summed E-state index contributed by atoms with van der Waals surface area (Å²) in [6.45, 7) is 2.19. The third kappa shape index (κ3) is 3.14. The van der Waals surface area contributed by atoms with Gasteiger partial charge in [0.05, 0.1) is 12.8 Å². The number of halogens is 1. The maximum absolute atomic E-state index is 10.8. The molecule has 0 radical (unpaired) electrons. The number of ether oxygens (including phenoxy) is 1. The Kier molecular flexibility index (Phi) is 4.34. The van der Waals surface area contributed by atoms with E-state index in [0.717, 1.165) is 15.7 Å². The number of carboxylic acids is 1. The fraction of sp³-hybridized carbons (Fsp3) is 0.214. The summed E-state index contributed by atoms with van der Waals surface area (Å²) in [7, 11) is 1.60. The Labute approximate surface area is 124 Å². The number of carbonyl (C=O) groups is 1. The summed E-state index contributed by atoms with van der Waals surface area (Å²) in [6, 6.07) is 7.15. The zero-order chi connectivity index (χ0) is 14.7. The molecule has 2 N–H and O–H groups in total. The molecule has 106 valence electrons. The van der Waals surface area contributed by atoms with Gasteiger partial charge in [-0.3, -0.25) is 0 Å². The zero-order valence-electron chi connectivity index (χ0n) is 11.1. The first-order valence-electron chi connectivity index (χ1n) is 5.91. The first-order chi connectivity index (χ1) is 9.51. The van der Waals surface area contributed by atoms with Gasteiger partial charge < -0.3 is 19.6 Å². The van der Waals surface area contributed by atoms with E-state index in [2.05, 4.69) is 21.2 Å². The molecule has 0 unspecified atom stereocenters. The molecule has 1 aromatic carbocycles. The Bertz CT molecular complexity index is 636. The second-order valence-corrected chi connectivity index (χ2v) is 5.11. The van der Waals surface area contributed by atoms with Crippen LogP contribution in [0.3, 0.4) is 0 Å². The summed E-state index contributed by atoms with van der Waals surface area (Å²) in [4.78, 5) is 10.8. The zero-order valence-corrected chi connectivity index (χ0v) is 12.7. The highest BCUT2D eigenvalue weighted by Crippen LogP contribution is 2.28. The average Bonchev–Trinajstić information content (AvgIpc) is 2.78. The molecule has 0 atom stereocenters. The quantitative estimate of drug-likeness (QED) is 0.869. The number of hydrogen-bond acceptors (Lipinski definition) is 4. The number of methoxy groups -OCH3 is 1. The molecule has 1 aromatic heterocycles. The van der Waals surface area contributed by atoms with Crippen LogP contribution in [0, 0.1) is 6.92 Å². The number of rotatable bonds is 5. The number of aromatic carboxylic acids is 1. The van der Waals surface area contributed by atoms with Gasteiger partial charge >= 0.3 is 5.97 Å². The number of aryl methyl sites for hydroxylation is 1. The largest absolute Gasteiger partial charge is 0.495 e. The molecule has 0 aliphatic heterocycles. The molecule has 2 aromatic rings. The predicted octanol–water partition coefficient (Wildman–Crippen LogP) is 3.67. The summed E-state index contributed by atoms with van der Waals surface area (Å²) in [6.07, 6.45) is 0.